The largest absolute Gasteiger partial charge is 0.378 e. The third-order valence-corrected chi connectivity index (χ3v) is 3.17. The molecule has 1 unspecified atom stereocenters. The third-order valence-electron chi connectivity index (χ3n) is 3.17. The number of amides is 1. The molecule has 2 rings (SSSR count). The van der Waals surface area contributed by atoms with Crippen LogP contribution >= 0.6 is 0 Å². The summed E-state index contributed by atoms with van der Waals surface area (Å²) in [4.78, 5) is 27.8. The van der Waals surface area contributed by atoms with Crippen LogP contribution in [0.2, 0.25) is 0 Å². The molecule has 4 N–H and O–H groups in total. The molecule has 1 amide bonds. The molecule has 0 spiro atoms. The highest BCUT2D eigenvalue weighted by atomic mass is 16.6. The lowest BCUT2D eigenvalue weighted by molar-refractivity contribution is -0.384. The Morgan fingerprint density at radius 2 is 2.40 bits per heavy atom. The van der Waals surface area contributed by atoms with E-state index in [0.29, 0.717) is 25.5 Å². The van der Waals surface area contributed by atoms with E-state index < -0.39 is 11.0 Å². The molecule has 1 aliphatic rings. The second-order valence-corrected chi connectivity index (χ2v) is 4.36. The van der Waals surface area contributed by atoms with E-state index in [-0.39, 0.29) is 17.4 Å². The zero-order chi connectivity index (χ0) is 14.7. The SMILES string of the molecule is CNC(=O)C1CNCCN1c1ccc([N+](=O)[O-])c(N)n1. The molecule has 108 valence electrons. The molecule has 20 heavy (non-hydrogen) atoms. The number of carbonyl (C=O) groups is 1. The topological polar surface area (TPSA) is 126 Å². The fourth-order valence-electron chi connectivity index (χ4n) is 2.15. The number of hydrogen-bond acceptors (Lipinski definition) is 7. The van der Waals surface area contributed by atoms with Gasteiger partial charge in [-0.2, -0.15) is 0 Å². The Morgan fingerprint density at radius 1 is 1.65 bits per heavy atom. The molecule has 1 aromatic heterocycles. The lowest BCUT2D eigenvalue weighted by atomic mass is 10.1. The lowest BCUT2D eigenvalue weighted by Crippen LogP contribution is -2.57. The maximum Gasteiger partial charge on any atom is 0.311 e. The van der Waals surface area contributed by atoms with Crippen LogP contribution in [0.25, 0.3) is 0 Å². The molecule has 0 radical (unpaired) electrons. The summed E-state index contributed by atoms with van der Waals surface area (Å²) in [6, 6.07) is 2.40. The van der Waals surface area contributed by atoms with Gasteiger partial charge in [0.2, 0.25) is 11.7 Å². The monoisotopic (exact) mass is 280 g/mol. The molecule has 0 aromatic carbocycles. The van der Waals surface area contributed by atoms with Crippen molar-refractivity contribution in [1.82, 2.24) is 15.6 Å². The van der Waals surface area contributed by atoms with Gasteiger partial charge >= 0.3 is 5.69 Å². The molecule has 9 heteroatoms. The van der Waals surface area contributed by atoms with Crippen molar-refractivity contribution in [3.63, 3.8) is 0 Å². The Hall–Kier alpha value is -2.42. The van der Waals surface area contributed by atoms with Gasteiger partial charge in [-0.1, -0.05) is 0 Å². The molecule has 1 aliphatic heterocycles. The minimum absolute atomic E-state index is 0.143. The first kappa shape index (κ1) is 14.0. The van der Waals surface area contributed by atoms with E-state index >= 15 is 0 Å². The van der Waals surface area contributed by atoms with E-state index in [9.17, 15) is 14.9 Å². The van der Waals surface area contributed by atoms with Gasteiger partial charge in [0.15, 0.2) is 0 Å². The highest BCUT2D eigenvalue weighted by Gasteiger charge is 2.29. The average molecular weight is 280 g/mol. The van der Waals surface area contributed by atoms with E-state index in [4.69, 9.17) is 5.73 Å². The average Bonchev–Trinajstić information content (AvgIpc) is 2.46. The van der Waals surface area contributed by atoms with Crippen LogP contribution in [-0.2, 0) is 4.79 Å². The molecule has 1 fully saturated rings. The Labute approximate surface area is 115 Å². The van der Waals surface area contributed by atoms with Crippen LogP contribution < -0.4 is 21.3 Å². The molecule has 0 aliphatic carbocycles. The van der Waals surface area contributed by atoms with Gasteiger partial charge in [-0.25, -0.2) is 4.98 Å². The number of nitrogens with zero attached hydrogens (tertiary/aromatic N) is 3. The quantitative estimate of drug-likeness (QED) is 0.483. The first-order valence-electron chi connectivity index (χ1n) is 6.14. The zero-order valence-corrected chi connectivity index (χ0v) is 11.0. The fraction of sp³-hybridized carbons (Fsp3) is 0.455. The first-order valence-corrected chi connectivity index (χ1v) is 6.14. The van der Waals surface area contributed by atoms with Crippen LogP contribution in [0.15, 0.2) is 12.1 Å². The van der Waals surface area contributed by atoms with Crippen LogP contribution in [-0.4, -0.2) is 48.5 Å². The number of piperazine rings is 1. The van der Waals surface area contributed by atoms with E-state index in [1.165, 1.54) is 12.1 Å². The standard InChI is InChI=1S/C11H16N6O3/c1-13-11(18)8-6-14-4-5-16(8)9-3-2-7(17(19)20)10(12)15-9/h2-3,8,14H,4-6H2,1H3,(H2,12,15)(H,13,18). The highest BCUT2D eigenvalue weighted by Crippen LogP contribution is 2.24. The normalized spacial score (nSPS) is 18.6. The van der Waals surface area contributed by atoms with Gasteiger partial charge in [-0.05, 0) is 6.07 Å². The molecule has 0 saturated carbocycles. The van der Waals surface area contributed by atoms with Crippen molar-refractivity contribution in [3.05, 3.63) is 22.2 Å². The van der Waals surface area contributed by atoms with Gasteiger partial charge in [0.25, 0.3) is 0 Å². The van der Waals surface area contributed by atoms with Crippen molar-refractivity contribution in [2.75, 3.05) is 37.3 Å². The second kappa shape index (κ2) is 5.70. The van der Waals surface area contributed by atoms with Crippen molar-refractivity contribution in [2.45, 2.75) is 6.04 Å². The maximum absolute atomic E-state index is 11.9. The number of nitro groups is 1. The van der Waals surface area contributed by atoms with Gasteiger partial charge in [-0.15, -0.1) is 0 Å². The number of pyridine rings is 1. The summed E-state index contributed by atoms with van der Waals surface area (Å²) in [5.74, 6) is 0.167. The predicted molar refractivity (Wildman–Crippen MR) is 73.4 cm³/mol. The van der Waals surface area contributed by atoms with Crippen molar-refractivity contribution >= 4 is 23.2 Å². The van der Waals surface area contributed by atoms with E-state index in [2.05, 4.69) is 15.6 Å². The Balaban J connectivity index is 2.31. The van der Waals surface area contributed by atoms with Crippen LogP contribution in [0.4, 0.5) is 17.3 Å². The number of likely N-dealkylation sites (N-methyl/N-ethyl adjacent to an activating group) is 1. The van der Waals surface area contributed by atoms with Gasteiger partial charge in [0, 0.05) is 32.7 Å². The number of carbonyl (C=O) groups excluding carboxylic acids is 1. The Kier molecular flexibility index (Phi) is 3.99. The third kappa shape index (κ3) is 2.62. The predicted octanol–water partition coefficient (Wildman–Crippen LogP) is -0.904. The van der Waals surface area contributed by atoms with E-state index in [1.807, 2.05) is 0 Å². The number of aromatic nitrogens is 1. The Bertz CT molecular complexity index is 535. The molecule has 1 saturated heterocycles. The molecule has 1 aromatic rings. The van der Waals surface area contributed by atoms with Crippen molar-refractivity contribution in [2.24, 2.45) is 0 Å². The summed E-state index contributed by atoms with van der Waals surface area (Å²) in [6.45, 7) is 1.76. The van der Waals surface area contributed by atoms with Crippen molar-refractivity contribution in [3.8, 4) is 0 Å². The maximum atomic E-state index is 11.9. The molecular weight excluding hydrogens is 264 g/mol. The van der Waals surface area contributed by atoms with Crippen LogP contribution in [0.5, 0.6) is 0 Å². The summed E-state index contributed by atoms with van der Waals surface area (Å²) in [5.41, 5.74) is 5.35. The summed E-state index contributed by atoms with van der Waals surface area (Å²) in [5, 5.41) is 16.4. The minimum Gasteiger partial charge on any atom is -0.378 e. The summed E-state index contributed by atoms with van der Waals surface area (Å²) >= 11 is 0. The summed E-state index contributed by atoms with van der Waals surface area (Å²) in [6.07, 6.45) is 0. The van der Waals surface area contributed by atoms with Gasteiger partial charge in [0.05, 0.1) is 4.92 Å². The Morgan fingerprint density at radius 3 is 3.00 bits per heavy atom. The number of anilines is 2. The first-order chi connectivity index (χ1) is 9.54. The fourth-order valence-corrected chi connectivity index (χ4v) is 2.15. The van der Waals surface area contributed by atoms with Crippen molar-refractivity contribution in [1.29, 1.82) is 0 Å². The van der Waals surface area contributed by atoms with Gasteiger partial charge in [0.1, 0.15) is 11.9 Å². The molecular formula is C11H16N6O3. The molecule has 0 bridgehead atoms. The smallest absolute Gasteiger partial charge is 0.311 e. The summed E-state index contributed by atoms with van der Waals surface area (Å²) < 4.78 is 0. The summed E-state index contributed by atoms with van der Waals surface area (Å²) in [7, 11) is 1.56. The van der Waals surface area contributed by atoms with E-state index in [0.717, 1.165) is 0 Å². The number of nitrogen functional groups attached to an aromatic ring is 1. The number of hydrogen-bond donors (Lipinski definition) is 3. The van der Waals surface area contributed by atoms with Crippen LogP contribution in [0, 0.1) is 10.1 Å². The number of nitrogens with two attached hydrogens (primary N) is 1. The molecule has 9 nitrogen and oxygen atoms in total. The highest BCUT2D eigenvalue weighted by molar-refractivity contribution is 5.85. The minimum atomic E-state index is -0.583. The van der Waals surface area contributed by atoms with Crippen molar-refractivity contribution < 1.29 is 9.72 Å². The molecule has 1 atom stereocenters. The second-order valence-electron chi connectivity index (χ2n) is 4.36. The number of nitrogens with one attached hydrogen (secondary N) is 2. The van der Waals surface area contributed by atoms with E-state index in [1.54, 1.807) is 11.9 Å². The molecule has 2 heterocycles. The lowest BCUT2D eigenvalue weighted by Gasteiger charge is -2.35. The number of rotatable bonds is 3. The van der Waals surface area contributed by atoms with Crippen LogP contribution in [0.3, 0.4) is 0 Å². The van der Waals surface area contributed by atoms with Crippen LogP contribution in [0.1, 0.15) is 0 Å². The van der Waals surface area contributed by atoms with Gasteiger partial charge < -0.3 is 21.3 Å². The van der Waals surface area contributed by atoms with Gasteiger partial charge in [-0.3, -0.25) is 14.9 Å². The zero-order valence-electron chi connectivity index (χ0n) is 11.0.